The maximum atomic E-state index is 12.9. The van der Waals surface area contributed by atoms with E-state index in [0.717, 1.165) is 32.2 Å². The molecule has 2 aliphatic rings. The van der Waals surface area contributed by atoms with Crippen LogP contribution < -0.4 is 15.4 Å². The Hall–Kier alpha value is -1.35. The van der Waals surface area contributed by atoms with Gasteiger partial charge in [0.2, 0.25) is 10.0 Å². The Morgan fingerprint density at radius 2 is 2.04 bits per heavy atom. The first-order valence-corrected chi connectivity index (χ1v) is 10.2. The van der Waals surface area contributed by atoms with E-state index < -0.39 is 10.0 Å². The summed E-state index contributed by atoms with van der Waals surface area (Å²) in [6, 6.07) is 4.85. The Bertz CT molecular complexity index is 730. The van der Waals surface area contributed by atoms with E-state index in [0.29, 0.717) is 25.2 Å². The average Bonchev–Trinajstić information content (AvgIpc) is 3.32. The minimum Gasteiger partial charge on any atom is -0.495 e. The van der Waals surface area contributed by atoms with Gasteiger partial charge in [-0.3, -0.25) is 4.79 Å². The molecule has 1 atom stereocenters. The number of halogens is 1. The van der Waals surface area contributed by atoms with Crippen molar-refractivity contribution in [1.82, 2.24) is 14.9 Å². The second-order valence-corrected chi connectivity index (χ2v) is 8.39. The predicted molar refractivity (Wildman–Crippen MR) is 102 cm³/mol. The van der Waals surface area contributed by atoms with Gasteiger partial charge in [0.1, 0.15) is 10.6 Å². The van der Waals surface area contributed by atoms with E-state index in [9.17, 15) is 13.2 Å². The fraction of sp³-hybridized carbons (Fsp3) is 0.588. The topological polar surface area (TPSA) is 87.7 Å². The third-order valence-corrected chi connectivity index (χ3v) is 6.70. The summed E-state index contributed by atoms with van der Waals surface area (Å²) in [7, 11) is -2.22. The van der Waals surface area contributed by atoms with Gasteiger partial charge < -0.3 is 15.4 Å². The van der Waals surface area contributed by atoms with Crippen LogP contribution in [0.1, 0.15) is 36.0 Å². The first kappa shape index (κ1) is 21.0. The summed E-state index contributed by atoms with van der Waals surface area (Å²) in [6.45, 7) is 2.53. The fourth-order valence-corrected chi connectivity index (χ4v) is 5.03. The number of rotatable bonds is 6. The van der Waals surface area contributed by atoms with Crippen molar-refractivity contribution in [2.75, 3.05) is 33.3 Å². The molecule has 2 saturated heterocycles. The maximum absolute atomic E-state index is 12.9. The van der Waals surface area contributed by atoms with Gasteiger partial charge in [-0.1, -0.05) is 0 Å². The lowest BCUT2D eigenvalue weighted by Gasteiger charge is -2.18. The Labute approximate surface area is 160 Å². The summed E-state index contributed by atoms with van der Waals surface area (Å²) in [5.41, 5.74) is 0.330. The van der Waals surface area contributed by atoms with Crippen LogP contribution in [0.15, 0.2) is 23.1 Å². The van der Waals surface area contributed by atoms with E-state index >= 15 is 0 Å². The molecule has 9 heteroatoms. The number of sulfonamides is 1. The highest BCUT2D eigenvalue weighted by Gasteiger charge is 2.30. The fourth-order valence-electron chi connectivity index (χ4n) is 3.34. The lowest BCUT2D eigenvalue weighted by molar-refractivity contribution is 0.0950. The van der Waals surface area contributed by atoms with Crippen LogP contribution in [0.3, 0.4) is 0 Å². The van der Waals surface area contributed by atoms with Crippen LogP contribution in [-0.4, -0.2) is 58.0 Å². The number of ether oxygens (including phenoxy) is 1. The van der Waals surface area contributed by atoms with E-state index in [1.165, 1.54) is 17.5 Å². The van der Waals surface area contributed by atoms with Gasteiger partial charge in [0.15, 0.2) is 0 Å². The van der Waals surface area contributed by atoms with Gasteiger partial charge in [-0.15, -0.1) is 12.4 Å². The van der Waals surface area contributed by atoms with Gasteiger partial charge in [0, 0.05) is 31.2 Å². The molecule has 2 heterocycles. The molecule has 146 valence electrons. The molecule has 26 heavy (non-hydrogen) atoms. The second kappa shape index (κ2) is 9.03. The Kier molecular flexibility index (Phi) is 7.28. The zero-order valence-electron chi connectivity index (χ0n) is 14.9. The maximum Gasteiger partial charge on any atom is 0.251 e. The standard InChI is InChI=1S/C17H25N3O4S.ClH/c1-24-15-7-6-13(17(21)19-12-14-5-4-8-18-14)11-16(15)25(22,23)20-9-2-3-10-20;/h6-7,11,14,18H,2-5,8-10,12H2,1H3,(H,19,21);1H. The molecule has 1 unspecified atom stereocenters. The molecule has 0 bridgehead atoms. The van der Waals surface area contributed by atoms with Crippen LogP contribution in [0.25, 0.3) is 0 Å². The minimum absolute atomic E-state index is 0. The lowest BCUT2D eigenvalue weighted by Crippen LogP contribution is -2.37. The highest BCUT2D eigenvalue weighted by atomic mass is 35.5. The summed E-state index contributed by atoms with van der Waals surface area (Å²) in [5, 5.41) is 6.19. The third-order valence-electron chi connectivity index (χ3n) is 4.78. The van der Waals surface area contributed by atoms with Crippen molar-refractivity contribution in [3.8, 4) is 5.75 Å². The first-order chi connectivity index (χ1) is 12.0. The van der Waals surface area contributed by atoms with E-state index in [4.69, 9.17) is 4.74 Å². The second-order valence-electron chi connectivity index (χ2n) is 6.48. The molecule has 1 amide bonds. The molecule has 0 saturated carbocycles. The number of nitrogens with zero attached hydrogens (tertiary/aromatic N) is 1. The van der Waals surface area contributed by atoms with Crippen molar-refractivity contribution in [3.63, 3.8) is 0 Å². The summed E-state index contributed by atoms with van der Waals surface area (Å²) >= 11 is 0. The molecule has 0 aromatic heterocycles. The quantitative estimate of drug-likeness (QED) is 0.749. The van der Waals surface area contributed by atoms with Crippen LogP contribution in [0.4, 0.5) is 0 Å². The van der Waals surface area contributed by atoms with Crippen LogP contribution in [-0.2, 0) is 10.0 Å². The highest BCUT2D eigenvalue weighted by Crippen LogP contribution is 2.29. The van der Waals surface area contributed by atoms with Crippen molar-refractivity contribution >= 4 is 28.3 Å². The zero-order chi connectivity index (χ0) is 17.9. The highest BCUT2D eigenvalue weighted by molar-refractivity contribution is 7.89. The van der Waals surface area contributed by atoms with Crippen molar-refractivity contribution in [2.45, 2.75) is 36.6 Å². The molecule has 0 radical (unpaired) electrons. The number of hydrogen-bond donors (Lipinski definition) is 2. The molecule has 2 aliphatic heterocycles. The predicted octanol–water partition coefficient (Wildman–Crippen LogP) is 1.38. The number of benzene rings is 1. The van der Waals surface area contributed by atoms with Crippen LogP contribution in [0.2, 0.25) is 0 Å². The number of amides is 1. The smallest absolute Gasteiger partial charge is 0.251 e. The van der Waals surface area contributed by atoms with Crippen LogP contribution in [0.5, 0.6) is 5.75 Å². The lowest BCUT2D eigenvalue weighted by atomic mass is 10.2. The number of carbonyl (C=O) groups is 1. The van der Waals surface area contributed by atoms with Gasteiger partial charge >= 0.3 is 0 Å². The molecule has 2 N–H and O–H groups in total. The van der Waals surface area contributed by atoms with E-state index in [2.05, 4.69) is 10.6 Å². The summed E-state index contributed by atoms with van der Waals surface area (Å²) in [5.74, 6) is -0.00451. The summed E-state index contributed by atoms with van der Waals surface area (Å²) in [6.07, 6.45) is 3.87. The molecular formula is C17H26ClN3O4S. The van der Waals surface area contributed by atoms with Gasteiger partial charge in [0.25, 0.3) is 5.91 Å². The first-order valence-electron chi connectivity index (χ1n) is 8.72. The largest absolute Gasteiger partial charge is 0.495 e. The number of hydrogen-bond acceptors (Lipinski definition) is 5. The molecule has 3 rings (SSSR count). The number of carbonyl (C=O) groups excluding carboxylic acids is 1. The number of methoxy groups -OCH3 is 1. The normalized spacial score (nSPS) is 20.6. The summed E-state index contributed by atoms with van der Waals surface area (Å²) in [4.78, 5) is 12.5. The molecular weight excluding hydrogens is 378 g/mol. The molecule has 2 fully saturated rings. The van der Waals surface area contributed by atoms with Gasteiger partial charge in [0.05, 0.1) is 7.11 Å². The van der Waals surface area contributed by atoms with E-state index in [-0.39, 0.29) is 35.0 Å². The van der Waals surface area contributed by atoms with Gasteiger partial charge in [-0.25, -0.2) is 8.42 Å². The summed E-state index contributed by atoms with van der Waals surface area (Å²) < 4.78 is 32.4. The van der Waals surface area contributed by atoms with E-state index in [1.54, 1.807) is 12.1 Å². The molecule has 1 aromatic carbocycles. The monoisotopic (exact) mass is 403 g/mol. The Morgan fingerprint density at radius 3 is 2.65 bits per heavy atom. The minimum atomic E-state index is -3.65. The van der Waals surface area contributed by atoms with Crippen LogP contribution in [0, 0.1) is 0 Å². The number of nitrogens with one attached hydrogen (secondary N) is 2. The van der Waals surface area contributed by atoms with Crippen LogP contribution >= 0.6 is 12.4 Å². The SMILES string of the molecule is COc1ccc(C(=O)NCC2CCCN2)cc1S(=O)(=O)N1CCCC1.Cl. The van der Waals surface area contributed by atoms with E-state index in [1.807, 2.05) is 0 Å². The molecule has 1 aromatic rings. The van der Waals surface area contributed by atoms with Gasteiger partial charge in [-0.2, -0.15) is 4.31 Å². The molecule has 7 nitrogen and oxygen atoms in total. The van der Waals surface area contributed by atoms with Gasteiger partial charge in [-0.05, 0) is 50.4 Å². The average molecular weight is 404 g/mol. The van der Waals surface area contributed by atoms with Crippen molar-refractivity contribution < 1.29 is 17.9 Å². The Morgan fingerprint density at radius 1 is 1.31 bits per heavy atom. The van der Waals surface area contributed by atoms with Crippen molar-refractivity contribution in [3.05, 3.63) is 23.8 Å². The zero-order valence-corrected chi connectivity index (χ0v) is 16.5. The van der Waals surface area contributed by atoms with Crippen molar-refractivity contribution in [2.24, 2.45) is 0 Å². The molecule has 0 spiro atoms. The third kappa shape index (κ3) is 4.49. The molecule has 0 aliphatic carbocycles. The van der Waals surface area contributed by atoms with Crippen molar-refractivity contribution in [1.29, 1.82) is 0 Å². The Balaban J connectivity index is 0.00000243.